The van der Waals surface area contributed by atoms with E-state index in [-0.39, 0.29) is 4.88 Å². The van der Waals surface area contributed by atoms with Crippen molar-refractivity contribution in [2.45, 2.75) is 13.1 Å². The maximum Gasteiger partial charge on any atom is 0.417 e. The van der Waals surface area contributed by atoms with Crippen LogP contribution in [0.2, 0.25) is 0 Å². The van der Waals surface area contributed by atoms with Gasteiger partial charge in [0.15, 0.2) is 0 Å². The first-order valence-corrected chi connectivity index (χ1v) is 6.40. The summed E-state index contributed by atoms with van der Waals surface area (Å²) >= 11 is 1.03. The van der Waals surface area contributed by atoms with Crippen molar-refractivity contribution < 1.29 is 22.8 Å². The number of alkyl halides is 3. The second-order valence-corrected chi connectivity index (χ2v) is 5.18. The van der Waals surface area contributed by atoms with Gasteiger partial charge in [0.1, 0.15) is 4.88 Å². The Hall–Kier alpha value is -2.29. The molecular weight excluding hydrogens is 307 g/mol. The van der Waals surface area contributed by atoms with Crippen LogP contribution in [0.15, 0.2) is 24.7 Å². The van der Waals surface area contributed by atoms with Gasteiger partial charge < -0.3 is 0 Å². The van der Waals surface area contributed by atoms with Gasteiger partial charge in [-0.15, -0.1) is 11.3 Å². The molecule has 2 rings (SSSR count). The smallest absolute Gasteiger partial charge is 0.287 e. The van der Waals surface area contributed by atoms with Gasteiger partial charge in [-0.2, -0.15) is 13.2 Å². The Labute approximate surface area is 120 Å². The zero-order valence-electron chi connectivity index (χ0n) is 10.6. The predicted molar refractivity (Wildman–Crippen MR) is 67.9 cm³/mol. The number of rotatable bonds is 2. The zero-order valence-corrected chi connectivity index (χ0v) is 11.4. The number of hydrogen-bond acceptors (Lipinski definition) is 5. The average molecular weight is 315 g/mol. The first-order valence-electron chi connectivity index (χ1n) is 5.58. The van der Waals surface area contributed by atoms with Crippen LogP contribution in [0.4, 0.5) is 13.2 Å². The fourth-order valence-electron chi connectivity index (χ4n) is 1.52. The Bertz CT molecular complexity index is 697. The Morgan fingerprint density at radius 3 is 2.52 bits per heavy atom. The standard InChI is InChI=1S/C12H8F3N3O2S/c1-6-17-5-9(21-6)11(20)18-10(19)7-4-16-3-2-8(7)12(13,14)15/h2-5H,1H3,(H,18,19,20). The largest absolute Gasteiger partial charge is 0.417 e. The summed E-state index contributed by atoms with van der Waals surface area (Å²) in [4.78, 5) is 31.0. The first kappa shape index (κ1) is 15.1. The number of carbonyl (C=O) groups is 2. The van der Waals surface area contributed by atoms with Gasteiger partial charge in [-0.1, -0.05) is 0 Å². The Morgan fingerprint density at radius 1 is 1.24 bits per heavy atom. The van der Waals surface area contributed by atoms with E-state index >= 15 is 0 Å². The van der Waals surface area contributed by atoms with E-state index in [2.05, 4.69) is 9.97 Å². The molecule has 9 heteroatoms. The van der Waals surface area contributed by atoms with Crippen molar-refractivity contribution in [1.29, 1.82) is 0 Å². The molecule has 0 saturated carbocycles. The molecule has 0 radical (unpaired) electrons. The molecular formula is C12H8F3N3O2S. The molecule has 0 aliphatic carbocycles. The second-order valence-electron chi connectivity index (χ2n) is 3.95. The normalized spacial score (nSPS) is 11.2. The topological polar surface area (TPSA) is 72.0 Å². The molecule has 0 aliphatic rings. The van der Waals surface area contributed by atoms with Crippen molar-refractivity contribution in [1.82, 2.24) is 15.3 Å². The van der Waals surface area contributed by atoms with Crippen LogP contribution in [-0.4, -0.2) is 21.8 Å². The number of amides is 2. The molecule has 110 valence electrons. The number of hydrogen-bond donors (Lipinski definition) is 1. The highest BCUT2D eigenvalue weighted by atomic mass is 32.1. The molecule has 0 spiro atoms. The summed E-state index contributed by atoms with van der Waals surface area (Å²) < 4.78 is 38.3. The molecule has 2 heterocycles. The molecule has 2 aromatic heterocycles. The van der Waals surface area contributed by atoms with Crippen LogP contribution in [0.3, 0.4) is 0 Å². The average Bonchev–Trinajstić information content (AvgIpc) is 2.84. The maximum atomic E-state index is 12.8. The van der Waals surface area contributed by atoms with E-state index in [9.17, 15) is 22.8 Å². The van der Waals surface area contributed by atoms with Crippen LogP contribution >= 0.6 is 11.3 Å². The number of aromatic nitrogens is 2. The lowest BCUT2D eigenvalue weighted by Gasteiger charge is -2.11. The quantitative estimate of drug-likeness (QED) is 0.864. The fourth-order valence-corrected chi connectivity index (χ4v) is 2.19. The van der Waals surface area contributed by atoms with E-state index in [4.69, 9.17) is 0 Å². The summed E-state index contributed by atoms with van der Waals surface area (Å²) in [6.07, 6.45) is -1.77. The van der Waals surface area contributed by atoms with E-state index in [1.54, 1.807) is 6.92 Å². The van der Waals surface area contributed by atoms with Gasteiger partial charge in [0.2, 0.25) is 0 Å². The minimum absolute atomic E-state index is 0.137. The number of carbonyl (C=O) groups excluding carboxylic acids is 2. The van der Waals surface area contributed by atoms with Crippen molar-refractivity contribution >= 4 is 23.2 Å². The summed E-state index contributed by atoms with van der Waals surface area (Å²) in [6, 6.07) is 0.677. The van der Waals surface area contributed by atoms with Crippen LogP contribution in [-0.2, 0) is 6.18 Å². The molecule has 0 fully saturated rings. The van der Waals surface area contributed by atoms with Crippen molar-refractivity contribution in [3.63, 3.8) is 0 Å². The highest BCUT2D eigenvalue weighted by molar-refractivity contribution is 7.13. The number of nitrogens with zero attached hydrogens (tertiary/aromatic N) is 2. The minimum atomic E-state index is -4.71. The molecule has 0 aromatic carbocycles. The van der Waals surface area contributed by atoms with Crippen molar-refractivity contribution in [2.75, 3.05) is 0 Å². The van der Waals surface area contributed by atoms with Crippen LogP contribution < -0.4 is 5.32 Å². The molecule has 5 nitrogen and oxygen atoms in total. The van der Waals surface area contributed by atoms with Gasteiger partial charge in [0.05, 0.1) is 22.3 Å². The predicted octanol–water partition coefficient (Wildman–Crippen LogP) is 2.44. The number of aryl methyl sites for hydroxylation is 1. The third kappa shape index (κ3) is 3.43. The number of thiazole rings is 1. The van der Waals surface area contributed by atoms with E-state index < -0.39 is 29.1 Å². The summed E-state index contributed by atoms with van der Waals surface area (Å²) in [5, 5.41) is 2.49. The number of imide groups is 1. The highest BCUT2D eigenvalue weighted by Gasteiger charge is 2.35. The lowest BCUT2D eigenvalue weighted by Crippen LogP contribution is -2.31. The SMILES string of the molecule is Cc1ncc(C(=O)NC(=O)c2cnccc2C(F)(F)F)s1. The summed E-state index contributed by atoms with van der Waals surface area (Å²) in [5.41, 5.74) is -1.86. The lowest BCUT2D eigenvalue weighted by molar-refractivity contribution is -0.138. The van der Waals surface area contributed by atoms with Gasteiger partial charge in [0.25, 0.3) is 11.8 Å². The van der Waals surface area contributed by atoms with Crippen LogP contribution in [0, 0.1) is 6.92 Å². The van der Waals surface area contributed by atoms with Crippen LogP contribution in [0.25, 0.3) is 0 Å². The number of pyridine rings is 1. The monoisotopic (exact) mass is 315 g/mol. The minimum Gasteiger partial charge on any atom is -0.287 e. The lowest BCUT2D eigenvalue weighted by atomic mass is 10.1. The summed E-state index contributed by atoms with van der Waals surface area (Å²) in [5.74, 6) is -1.96. The van der Waals surface area contributed by atoms with E-state index in [1.165, 1.54) is 6.20 Å². The van der Waals surface area contributed by atoms with Gasteiger partial charge in [-0.3, -0.25) is 19.9 Å². The Kier molecular flexibility index (Phi) is 4.03. The summed E-state index contributed by atoms with van der Waals surface area (Å²) in [6.45, 7) is 1.66. The van der Waals surface area contributed by atoms with E-state index in [0.29, 0.717) is 11.1 Å². The molecule has 0 aliphatic heterocycles. The van der Waals surface area contributed by atoms with Crippen molar-refractivity contribution in [3.8, 4) is 0 Å². The van der Waals surface area contributed by atoms with Crippen LogP contribution in [0.1, 0.15) is 30.6 Å². The first-order chi connectivity index (χ1) is 9.79. The highest BCUT2D eigenvalue weighted by Crippen LogP contribution is 2.31. The van der Waals surface area contributed by atoms with Gasteiger partial charge in [-0.25, -0.2) is 4.98 Å². The number of halogens is 3. The molecule has 0 unspecified atom stereocenters. The Balaban J connectivity index is 2.24. The molecule has 21 heavy (non-hydrogen) atoms. The molecule has 2 aromatic rings. The van der Waals surface area contributed by atoms with E-state index in [1.807, 2.05) is 5.32 Å². The molecule has 0 saturated heterocycles. The third-order valence-electron chi connectivity index (χ3n) is 2.44. The van der Waals surface area contributed by atoms with Crippen LogP contribution in [0.5, 0.6) is 0 Å². The number of nitrogens with one attached hydrogen (secondary N) is 1. The molecule has 0 atom stereocenters. The maximum absolute atomic E-state index is 12.8. The second kappa shape index (κ2) is 5.60. The molecule has 0 bridgehead atoms. The zero-order chi connectivity index (χ0) is 15.6. The van der Waals surface area contributed by atoms with Gasteiger partial charge >= 0.3 is 6.18 Å². The Morgan fingerprint density at radius 2 is 1.95 bits per heavy atom. The van der Waals surface area contributed by atoms with Gasteiger partial charge in [-0.05, 0) is 13.0 Å². The van der Waals surface area contributed by atoms with Crippen molar-refractivity contribution in [2.24, 2.45) is 0 Å². The fraction of sp³-hybridized carbons (Fsp3) is 0.167. The van der Waals surface area contributed by atoms with Gasteiger partial charge in [0, 0.05) is 12.4 Å². The van der Waals surface area contributed by atoms with E-state index in [0.717, 1.165) is 23.7 Å². The third-order valence-corrected chi connectivity index (χ3v) is 3.35. The molecule has 1 N–H and O–H groups in total. The summed E-state index contributed by atoms with van der Waals surface area (Å²) in [7, 11) is 0. The molecule has 2 amide bonds. The van der Waals surface area contributed by atoms with Crippen molar-refractivity contribution in [3.05, 3.63) is 45.7 Å².